The van der Waals surface area contributed by atoms with Gasteiger partial charge in [0.1, 0.15) is 11.2 Å². The van der Waals surface area contributed by atoms with Crippen LogP contribution in [0.5, 0.6) is 0 Å². The summed E-state index contributed by atoms with van der Waals surface area (Å²) in [6, 6.07) is 70.0. The first-order valence-corrected chi connectivity index (χ1v) is 19.2. The van der Waals surface area contributed by atoms with Crippen LogP contribution < -0.4 is 0 Å². The molecule has 0 unspecified atom stereocenters. The predicted molar refractivity (Wildman–Crippen MR) is 235 cm³/mol. The lowest BCUT2D eigenvalue weighted by atomic mass is 9.94. The highest BCUT2D eigenvalue weighted by Gasteiger charge is 2.21. The third-order valence-corrected chi connectivity index (χ3v) is 10.9. The summed E-state index contributed by atoms with van der Waals surface area (Å²) in [5.74, 6) is 1.82. The lowest BCUT2D eigenvalue weighted by Gasteiger charge is -2.12. The summed E-state index contributed by atoms with van der Waals surface area (Å²) < 4.78 is 6.78. The number of aromatic nitrogens is 3. The van der Waals surface area contributed by atoms with E-state index in [1.54, 1.807) is 0 Å². The third-order valence-electron chi connectivity index (χ3n) is 10.9. The Bertz CT molecular complexity index is 3210. The number of furan rings is 1. The maximum absolute atomic E-state index is 6.78. The molecule has 0 radical (unpaired) electrons. The second-order valence-electron chi connectivity index (χ2n) is 14.4. The first-order chi connectivity index (χ1) is 28.2. The predicted octanol–water partition coefficient (Wildman–Crippen LogP) is 14.1. The Hall–Kier alpha value is -7.69. The van der Waals surface area contributed by atoms with Crippen LogP contribution in [0.3, 0.4) is 0 Å². The van der Waals surface area contributed by atoms with Gasteiger partial charge in [-0.05, 0) is 91.8 Å². The van der Waals surface area contributed by atoms with Crippen molar-refractivity contribution in [2.45, 2.75) is 0 Å². The summed E-state index contributed by atoms with van der Waals surface area (Å²) in [6.45, 7) is 0. The van der Waals surface area contributed by atoms with Gasteiger partial charge in [-0.2, -0.15) is 0 Å². The molecule has 11 rings (SSSR count). The summed E-state index contributed by atoms with van der Waals surface area (Å²) in [7, 11) is 0. The van der Waals surface area contributed by atoms with Crippen LogP contribution in [-0.4, -0.2) is 15.0 Å². The van der Waals surface area contributed by atoms with Crippen molar-refractivity contribution in [3.63, 3.8) is 0 Å². The van der Waals surface area contributed by atoms with Crippen molar-refractivity contribution >= 4 is 43.5 Å². The molecule has 0 aliphatic rings. The van der Waals surface area contributed by atoms with E-state index < -0.39 is 0 Å². The minimum absolute atomic E-state index is 0.589. The SMILES string of the molecule is c1ccc(-c2cccc(-c3cccc(-c4ccc(-c5nc(-c6ccc7ccccc7c6)nc(-c6ccc7ccccc7c6)n5)c5c4oc4ccccc45)c3)c2)cc1. The van der Waals surface area contributed by atoms with E-state index in [4.69, 9.17) is 19.4 Å². The fourth-order valence-electron chi connectivity index (χ4n) is 8.03. The number of hydrogen-bond donors (Lipinski definition) is 0. The molecule has 0 amide bonds. The smallest absolute Gasteiger partial charge is 0.164 e. The normalized spacial score (nSPS) is 11.5. The standard InChI is InChI=1S/C53H33N3O/c1-2-12-34(13-3-1)39-18-10-19-40(30-39)41-20-11-21-42(31-41)45-28-29-47(49-46-22-8-9-23-48(46)57-50(45)49)53-55-51(43-26-24-35-14-4-6-16-37(35)32-43)54-52(56-53)44-27-25-36-15-5-7-17-38(36)33-44/h1-33H. The Labute approximate surface area is 329 Å². The Morgan fingerprint density at radius 1 is 0.298 bits per heavy atom. The topological polar surface area (TPSA) is 51.8 Å². The molecule has 266 valence electrons. The zero-order valence-electron chi connectivity index (χ0n) is 30.8. The van der Waals surface area contributed by atoms with Crippen LogP contribution in [0, 0.1) is 0 Å². The molecule has 0 atom stereocenters. The van der Waals surface area contributed by atoms with E-state index in [2.05, 4.69) is 188 Å². The lowest BCUT2D eigenvalue weighted by molar-refractivity contribution is 0.670. The van der Waals surface area contributed by atoms with Gasteiger partial charge in [-0.15, -0.1) is 0 Å². The number of hydrogen-bond acceptors (Lipinski definition) is 4. The molecule has 9 aromatic carbocycles. The first-order valence-electron chi connectivity index (χ1n) is 19.2. The molecule has 2 heterocycles. The van der Waals surface area contributed by atoms with Gasteiger partial charge in [0, 0.05) is 33.0 Å². The summed E-state index contributed by atoms with van der Waals surface area (Å²) in [4.78, 5) is 15.6. The Balaban J connectivity index is 1.10. The van der Waals surface area contributed by atoms with E-state index in [9.17, 15) is 0 Å². The molecule has 0 N–H and O–H groups in total. The average molecular weight is 728 g/mol. The molecule has 0 fully saturated rings. The lowest BCUT2D eigenvalue weighted by Crippen LogP contribution is -2.00. The highest BCUT2D eigenvalue weighted by atomic mass is 16.3. The quantitative estimate of drug-likeness (QED) is 0.171. The fraction of sp³-hybridized carbons (Fsp3) is 0. The third kappa shape index (κ3) is 5.92. The van der Waals surface area contributed by atoms with Crippen LogP contribution in [0.4, 0.5) is 0 Å². The zero-order chi connectivity index (χ0) is 37.7. The van der Waals surface area contributed by atoms with Crippen molar-refractivity contribution in [2.75, 3.05) is 0 Å². The van der Waals surface area contributed by atoms with Crippen molar-refractivity contribution in [1.82, 2.24) is 15.0 Å². The van der Waals surface area contributed by atoms with Crippen molar-refractivity contribution in [2.24, 2.45) is 0 Å². The second-order valence-corrected chi connectivity index (χ2v) is 14.4. The van der Waals surface area contributed by atoms with Crippen LogP contribution in [0.15, 0.2) is 205 Å². The molecule has 57 heavy (non-hydrogen) atoms. The number of fused-ring (bicyclic) bond motifs is 5. The Morgan fingerprint density at radius 3 is 1.46 bits per heavy atom. The number of rotatable bonds is 6. The largest absolute Gasteiger partial charge is 0.455 e. The summed E-state index contributed by atoms with van der Waals surface area (Å²) in [5, 5.41) is 6.58. The van der Waals surface area contributed by atoms with Crippen LogP contribution in [0.25, 0.3) is 111 Å². The van der Waals surface area contributed by atoms with Gasteiger partial charge in [0.15, 0.2) is 17.5 Å². The monoisotopic (exact) mass is 727 g/mol. The molecule has 0 saturated carbocycles. The average Bonchev–Trinajstić information content (AvgIpc) is 3.68. The maximum atomic E-state index is 6.78. The molecule has 0 bridgehead atoms. The Morgan fingerprint density at radius 2 is 0.789 bits per heavy atom. The van der Waals surface area contributed by atoms with Gasteiger partial charge in [0.05, 0.1) is 0 Å². The van der Waals surface area contributed by atoms with Gasteiger partial charge in [-0.25, -0.2) is 15.0 Å². The molecule has 11 aromatic rings. The summed E-state index contributed by atoms with van der Waals surface area (Å²) in [6.07, 6.45) is 0. The molecule has 0 spiro atoms. The number of nitrogens with zero attached hydrogens (tertiary/aromatic N) is 3. The van der Waals surface area contributed by atoms with Crippen LogP contribution in [0.1, 0.15) is 0 Å². The molecule has 4 nitrogen and oxygen atoms in total. The van der Waals surface area contributed by atoms with E-state index in [1.807, 2.05) is 12.1 Å². The maximum Gasteiger partial charge on any atom is 0.164 e. The van der Waals surface area contributed by atoms with Gasteiger partial charge < -0.3 is 4.42 Å². The highest BCUT2D eigenvalue weighted by molar-refractivity contribution is 6.16. The van der Waals surface area contributed by atoms with Crippen LogP contribution >= 0.6 is 0 Å². The molecule has 0 aliphatic heterocycles. The van der Waals surface area contributed by atoms with Crippen LogP contribution in [-0.2, 0) is 0 Å². The minimum atomic E-state index is 0.589. The molecule has 0 saturated heterocycles. The first kappa shape index (κ1) is 32.7. The summed E-state index contributed by atoms with van der Waals surface area (Å²) in [5.41, 5.74) is 11.1. The van der Waals surface area contributed by atoms with Crippen molar-refractivity contribution < 1.29 is 4.42 Å². The molecular formula is C53H33N3O. The van der Waals surface area contributed by atoms with E-state index in [-0.39, 0.29) is 0 Å². The van der Waals surface area contributed by atoms with Crippen molar-refractivity contribution in [1.29, 1.82) is 0 Å². The van der Waals surface area contributed by atoms with Gasteiger partial charge in [-0.1, -0.05) is 158 Å². The van der Waals surface area contributed by atoms with E-state index in [1.165, 1.54) is 21.9 Å². The van der Waals surface area contributed by atoms with E-state index in [0.717, 1.165) is 71.7 Å². The minimum Gasteiger partial charge on any atom is -0.455 e. The zero-order valence-corrected chi connectivity index (χ0v) is 30.8. The van der Waals surface area contributed by atoms with Crippen molar-refractivity contribution in [3.05, 3.63) is 200 Å². The Kier molecular flexibility index (Phi) is 7.78. The van der Waals surface area contributed by atoms with Gasteiger partial charge >= 0.3 is 0 Å². The van der Waals surface area contributed by atoms with E-state index >= 15 is 0 Å². The molecular weight excluding hydrogens is 695 g/mol. The molecule has 2 aromatic heterocycles. The summed E-state index contributed by atoms with van der Waals surface area (Å²) >= 11 is 0. The second kappa shape index (κ2) is 13.6. The van der Waals surface area contributed by atoms with Gasteiger partial charge in [0.25, 0.3) is 0 Å². The van der Waals surface area contributed by atoms with E-state index in [0.29, 0.717) is 17.5 Å². The van der Waals surface area contributed by atoms with Gasteiger partial charge in [0.2, 0.25) is 0 Å². The molecule has 0 aliphatic carbocycles. The number of benzene rings is 9. The number of para-hydroxylation sites is 1. The fourth-order valence-corrected chi connectivity index (χ4v) is 8.03. The van der Waals surface area contributed by atoms with Crippen molar-refractivity contribution in [3.8, 4) is 67.5 Å². The molecule has 4 heteroatoms. The highest BCUT2D eigenvalue weighted by Crippen LogP contribution is 2.42. The van der Waals surface area contributed by atoms with Gasteiger partial charge in [-0.3, -0.25) is 0 Å². The van der Waals surface area contributed by atoms with Crippen LogP contribution in [0.2, 0.25) is 0 Å².